The Morgan fingerprint density at radius 1 is 0.773 bits per heavy atom. The van der Waals surface area contributed by atoms with Gasteiger partial charge in [-0.15, -0.1) is 0 Å². The van der Waals surface area contributed by atoms with E-state index < -0.39 is 54.0 Å². The van der Waals surface area contributed by atoms with Crippen molar-refractivity contribution in [2.75, 3.05) is 0 Å². The van der Waals surface area contributed by atoms with Crippen LogP contribution in [-0.2, 0) is 32.1 Å². The molecular formula is C33H49N5O6. The van der Waals surface area contributed by atoms with E-state index in [2.05, 4.69) is 26.3 Å². The van der Waals surface area contributed by atoms with Gasteiger partial charge in [-0.2, -0.15) is 0 Å². The molecule has 11 heteroatoms. The third kappa shape index (κ3) is 11.7. The maximum atomic E-state index is 13.2. The third-order valence-electron chi connectivity index (χ3n) is 7.80. The summed E-state index contributed by atoms with van der Waals surface area (Å²) in [7, 11) is 0. The first kappa shape index (κ1) is 36.4. The van der Waals surface area contributed by atoms with E-state index in [-0.39, 0.29) is 30.6 Å². The smallest absolute Gasteiger partial charge is 0.249 e. The molecule has 44 heavy (non-hydrogen) atoms. The van der Waals surface area contributed by atoms with Gasteiger partial charge in [0.05, 0.1) is 12.1 Å². The second-order valence-corrected chi connectivity index (χ2v) is 11.9. The Bertz CT molecular complexity index is 1200. The predicted molar refractivity (Wildman–Crippen MR) is 168 cm³/mol. The monoisotopic (exact) mass is 611 g/mol. The van der Waals surface area contributed by atoms with E-state index in [1.54, 1.807) is 38.4 Å². The summed E-state index contributed by atoms with van der Waals surface area (Å²) < 4.78 is 0. The number of benzene rings is 1. The van der Waals surface area contributed by atoms with Crippen molar-refractivity contribution in [1.82, 2.24) is 26.3 Å². The molecule has 0 radical (unpaired) electrons. The number of amides is 4. The first-order valence-electron chi connectivity index (χ1n) is 15.3. The number of carbonyl (C=O) groups excluding carboxylic acids is 4. The molecule has 1 aromatic carbocycles. The number of aliphatic hydroxyl groups excluding tert-OH is 2. The van der Waals surface area contributed by atoms with E-state index in [9.17, 15) is 29.4 Å². The van der Waals surface area contributed by atoms with Gasteiger partial charge in [0.2, 0.25) is 23.6 Å². The molecule has 0 saturated heterocycles. The highest BCUT2D eigenvalue weighted by molar-refractivity contribution is 5.89. The summed E-state index contributed by atoms with van der Waals surface area (Å²) in [5.74, 6) is -3.03. The molecule has 0 spiro atoms. The predicted octanol–water partition coefficient (Wildman–Crippen LogP) is 1.86. The summed E-state index contributed by atoms with van der Waals surface area (Å²) in [4.78, 5) is 55.6. The molecule has 2 rings (SSSR count). The summed E-state index contributed by atoms with van der Waals surface area (Å²) in [5, 5.41) is 32.5. The first-order valence-corrected chi connectivity index (χ1v) is 15.3. The van der Waals surface area contributed by atoms with Crippen molar-refractivity contribution in [2.45, 2.75) is 97.7 Å². The second-order valence-electron chi connectivity index (χ2n) is 11.9. The zero-order valence-electron chi connectivity index (χ0n) is 26.6. The van der Waals surface area contributed by atoms with Crippen molar-refractivity contribution >= 4 is 23.6 Å². The largest absolute Gasteiger partial charge is 0.391 e. The summed E-state index contributed by atoms with van der Waals surface area (Å²) in [6.45, 7) is 10.7. The Hall–Kier alpha value is -3.83. The van der Waals surface area contributed by atoms with E-state index in [0.717, 1.165) is 11.1 Å². The van der Waals surface area contributed by atoms with Crippen LogP contribution in [0.25, 0.3) is 0 Å². The minimum atomic E-state index is -1.24. The molecule has 0 aliphatic rings. The average Bonchev–Trinajstić information content (AvgIpc) is 3.01. The van der Waals surface area contributed by atoms with Crippen LogP contribution in [-0.4, -0.2) is 69.2 Å². The van der Waals surface area contributed by atoms with Gasteiger partial charge in [-0.3, -0.25) is 24.2 Å². The number of hydrogen-bond donors (Lipinski definition) is 6. The Balaban J connectivity index is 2.06. The highest BCUT2D eigenvalue weighted by Crippen LogP contribution is 2.16. The number of carbonyl (C=O) groups is 4. The number of rotatable bonds is 17. The van der Waals surface area contributed by atoms with Crippen LogP contribution in [0.15, 0.2) is 54.9 Å². The number of pyridine rings is 1. The molecule has 0 saturated carbocycles. The van der Waals surface area contributed by atoms with Crippen LogP contribution in [0, 0.1) is 17.8 Å². The molecule has 242 valence electrons. The summed E-state index contributed by atoms with van der Waals surface area (Å²) in [6, 6.07) is 10.4. The zero-order chi connectivity index (χ0) is 32.8. The van der Waals surface area contributed by atoms with Gasteiger partial charge >= 0.3 is 0 Å². The van der Waals surface area contributed by atoms with Crippen LogP contribution >= 0.6 is 0 Å². The molecule has 0 aliphatic heterocycles. The molecule has 4 amide bonds. The van der Waals surface area contributed by atoms with Crippen molar-refractivity contribution in [3.05, 3.63) is 66.0 Å². The lowest BCUT2D eigenvalue weighted by molar-refractivity contribution is -0.136. The maximum Gasteiger partial charge on any atom is 0.249 e. The molecular weight excluding hydrogens is 562 g/mol. The first-order chi connectivity index (χ1) is 20.8. The highest BCUT2D eigenvalue weighted by atomic mass is 16.3. The molecule has 1 heterocycles. The summed E-state index contributed by atoms with van der Waals surface area (Å²) in [5.41, 5.74) is 1.74. The van der Waals surface area contributed by atoms with Gasteiger partial charge in [0.25, 0.3) is 0 Å². The SMILES string of the molecule is CCC(C)[C@H](O)C(=O)N[C@@H](C)C(=O)N[C@@H](Cc1ccccc1)[C@@H](O)C[C@@H](C)C(=O)N[C@H](C(=O)NCc1ccncc1)C(C)C. The zero-order valence-corrected chi connectivity index (χ0v) is 26.6. The fraction of sp³-hybridized carbons (Fsp3) is 0.545. The van der Waals surface area contributed by atoms with Crippen LogP contribution < -0.4 is 21.3 Å². The molecule has 6 N–H and O–H groups in total. The summed E-state index contributed by atoms with van der Waals surface area (Å²) in [6.07, 6.45) is 1.81. The quantitative estimate of drug-likeness (QED) is 0.159. The highest BCUT2D eigenvalue weighted by Gasteiger charge is 2.31. The van der Waals surface area contributed by atoms with Crippen LogP contribution in [0.5, 0.6) is 0 Å². The lowest BCUT2D eigenvalue weighted by Crippen LogP contribution is -2.54. The Kier molecular flexibility index (Phi) is 14.9. The fourth-order valence-electron chi connectivity index (χ4n) is 4.57. The van der Waals surface area contributed by atoms with Gasteiger partial charge in [0.1, 0.15) is 18.2 Å². The number of nitrogens with zero attached hydrogens (tertiary/aromatic N) is 1. The second kappa shape index (κ2) is 18.1. The van der Waals surface area contributed by atoms with E-state index in [1.807, 2.05) is 51.1 Å². The van der Waals surface area contributed by atoms with Gasteiger partial charge < -0.3 is 31.5 Å². The minimum absolute atomic E-state index is 0.0144. The van der Waals surface area contributed by atoms with Crippen LogP contribution in [0.2, 0.25) is 0 Å². The van der Waals surface area contributed by atoms with E-state index in [4.69, 9.17) is 0 Å². The number of hydrogen-bond acceptors (Lipinski definition) is 7. The van der Waals surface area contributed by atoms with E-state index >= 15 is 0 Å². The van der Waals surface area contributed by atoms with Crippen molar-refractivity contribution in [1.29, 1.82) is 0 Å². The summed E-state index contributed by atoms with van der Waals surface area (Å²) >= 11 is 0. The Morgan fingerprint density at radius 3 is 2.00 bits per heavy atom. The molecule has 1 unspecified atom stereocenters. The van der Waals surface area contributed by atoms with Crippen LogP contribution in [0.1, 0.15) is 65.5 Å². The number of aliphatic hydroxyl groups is 2. The van der Waals surface area contributed by atoms with E-state index in [0.29, 0.717) is 13.0 Å². The molecule has 11 nitrogen and oxygen atoms in total. The normalized spacial score (nSPS) is 16.0. The minimum Gasteiger partial charge on any atom is -0.391 e. The van der Waals surface area contributed by atoms with Crippen molar-refractivity contribution < 1.29 is 29.4 Å². The average molecular weight is 612 g/mol. The lowest BCUT2D eigenvalue weighted by Gasteiger charge is -2.29. The van der Waals surface area contributed by atoms with Crippen molar-refractivity contribution in [3.63, 3.8) is 0 Å². The standard InChI is InChI=1S/C33H49N5O6/c1-7-21(4)29(40)33(44)36-23(6)31(42)37-26(18-24-11-9-8-10-12-24)27(39)17-22(5)30(41)38-28(20(2)3)32(43)35-19-25-13-15-34-16-14-25/h8-16,20-23,26-29,39-40H,7,17-19H2,1-6H3,(H,35,43)(H,36,44)(H,37,42)(H,38,41)/t21?,22-,23+,26+,27+,28+,29+/m1/s1. The topological polar surface area (TPSA) is 170 Å². The van der Waals surface area contributed by atoms with Gasteiger partial charge in [-0.05, 0) is 54.9 Å². The maximum absolute atomic E-state index is 13.2. The van der Waals surface area contributed by atoms with E-state index in [1.165, 1.54) is 6.92 Å². The third-order valence-corrected chi connectivity index (χ3v) is 7.80. The fourth-order valence-corrected chi connectivity index (χ4v) is 4.57. The lowest BCUT2D eigenvalue weighted by atomic mass is 9.92. The number of aromatic nitrogens is 1. The Labute approximate surface area is 260 Å². The van der Waals surface area contributed by atoms with Crippen LogP contribution in [0.4, 0.5) is 0 Å². The molecule has 0 aliphatic carbocycles. The van der Waals surface area contributed by atoms with Crippen molar-refractivity contribution in [3.8, 4) is 0 Å². The molecule has 2 aromatic rings. The van der Waals surface area contributed by atoms with Gasteiger partial charge in [0, 0.05) is 24.9 Å². The van der Waals surface area contributed by atoms with Gasteiger partial charge in [-0.25, -0.2) is 0 Å². The molecule has 1 aromatic heterocycles. The number of nitrogens with one attached hydrogen (secondary N) is 4. The van der Waals surface area contributed by atoms with Crippen molar-refractivity contribution in [2.24, 2.45) is 17.8 Å². The molecule has 7 atom stereocenters. The Morgan fingerprint density at radius 2 is 1.41 bits per heavy atom. The molecule has 0 fully saturated rings. The van der Waals surface area contributed by atoms with Gasteiger partial charge in [0.15, 0.2) is 0 Å². The molecule has 0 bridgehead atoms. The van der Waals surface area contributed by atoms with Gasteiger partial charge in [-0.1, -0.05) is 71.4 Å². The van der Waals surface area contributed by atoms with Crippen LogP contribution in [0.3, 0.4) is 0 Å².